The standard InChI is InChI=1S/C26H26FN5O/c1-33-24-7-6-18(16-22(24)27)17-32-14-10-20(11-15-32)29-26-21-4-2-3-5-23(21)30-25(31-26)19-8-12-28-13-9-19/h2-9,12-13,16,20H,10-11,14-15,17H2,1H3,(H,29,30,31). The van der Waals surface area contributed by atoms with E-state index in [1.165, 1.54) is 7.11 Å². The van der Waals surface area contributed by atoms with Gasteiger partial charge in [-0.15, -0.1) is 0 Å². The van der Waals surface area contributed by atoms with Crippen LogP contribution in [-0.4, -0.2) is 46.1 Å². The molecule has 1 saturated heterocycles. The van der Waals surface area contributed by atoms with Crippen molar-refractivity contribution in [2.75, 3.05) is 25.5 Å². The van der Waals surface area contributed by atoms with E-state index in [9.17, 15) is 4.39 Å². The molecule has 1 aliphatic heterocycles. The fraction of sp³-hybridized carbons (Fsp3) is 0.269. The van der Waals surface area contributed by atoms with Crippen LogP contribution in [0.1, 0.15) is 18.4 Å². The summed E-state index contributed by atoms with van der Waals surface area (Å²) < 4.78 is 19.0. The van der Waals surface area contributed by atoms with Gasteiger partial charge in [0.15, 0.2) is 17.4 Å². The summed E-state index contributed by atoms with van der Waals surface area (Å²) in [5.41, 5.74) is 2.82. The monoisotopic (exact) mass is 443 g/mol. The lowest BCUT2D eigenvalue weighted by Crippen LogP contribution is -2.38. The summed E-state index contributed by atoms with van der Waals surface area (Å²) in [4.78, 5) is 16.1. The zero-order valence-corrected chi connectivity index (χ0v) is 18.5. The zero-order valence-electron chi connectivity index (χ0n) is 18.5. The molecule has 33 heavy (non-hydrogen) atoms. The fourth-order valence-corrected chi connectivity index (χ4v) is 4.31. The Morgan fingerprint density at radius 3 is 2.58 bits per heavy atom. The second-order valence-corrected chi connectivity index (χ2v) is 8.31. The molecule has 0 saturated carbocycles. The molecule has 0 amide bonds. The molecule has 1 N–H and O–H groups in total. The van der Waals surface area contributed by atoms with Crippen molar-refractivity contribution in [2.24, 2.45) is 0 Å². The molecule has 168 valence electrons. The Morgan fingerprint density at radius 2 is 1.82 bits per heavy atom. The molecule has 3 heterocycles. The Kier molecular flexibility index (Phi) is 6.13. The van der Waals surface area contributed by atoms with Gasteiger partial charge < -0.3 is 10.1 Å². The van der Waals surface area contributed by atoms with E-state index >= 15 is 0 Å². The van der Waals surface area contributed by atoms with E-state index in [2.05, 4.69) is 21.3 Å². The van der Waals surface area contributed by atoms with E-state index < -0.39 is 0 Å². The first-order valence-corrected chi connectivity index (χ1v) is 11.2. The first-order chi connectivity index (χ1) is 16.2. The minimum absolute atomic E-state index is 0.282. The van der Waals surface area contributed by atoms with Gasteiger partial charge in [0, 0.05) is 49.0 Å². The van der Waals surface area contributed by atoms with Crippen LogP contribution in [0.3, 0.4) is 0 Å². The van der Waals surface area contributed by atoms with Crippen molar-refractivity contribution < 1.29 is 9.13 Å². The highest BCUT2D eigenvalue weighted by atomic mass is 19.1. The third-order valence-corrected chi connectivity index (χ3v) is 6.09. The van der Waals surface area contributed by atoms with E-state index in [0.717, 1.165) is 60.3 Å². The average molecular weight is 444 g/mol. The average Bonchev–Trinajstić information content (AvgIpc) is 2.86. The van der Waals surface area contributed by atoms with Crippen molar-refractivity contribution >= 4 is 16.7 Å². The van der Waals surface area contributed by atoms with Crippen LogP contribution in [0.25, 0.3) is 22.3 Å². The van der Waals surface area contributed by atoms with E-state index in [4.69, 9.17) is 14.7 Å². The second-order valence-electron chi connectivity index (χ2n) is 8.31. The lowest BCUT2D eigenvalue weighted by atomic mass is 10.0. The lowest BCUT2D eigenvalue weighted by molar-refractivity contribution is 0.211. The third kappa shape index (κ3) is 4.78. The Hall–Kier alpha value is -3.58. The Morgan fingerprint density at radius 1 is 1.03 bits per heavy atom. The van der Waals surface area contributed by atoms with Gasteiger partial charge in [-0.1, -0.05) is 18.2 Å². The number of fused-ring (bicyclic) bond motifs is 1. The number of methoxy groups -OCH3 is 1. The van der Waals surface area contributed by atoms with Crippen LogP contribution in [0, 0.1) is 5.82 Å². The molecule has 0 unspecified atom stereocenters. The van der Waals surface area contributed by atoms with E-state index in [0.29, 0.717) is 11.9 Å². The molecule has 7 heteroatoms. The number of anilines is 1. The van der Waals surface area contributed by atoms with Gasteiger partial charge in [0.25, 0.3) is 0 Å². The molecule has 2 aromatic heterocycles. The highest BCUT2D eigenvalue weighted by Crippen LogP contribution is 2.27. The van der Waals surface area contributed by atoms with Crippen molar-refractivity contribution in [3.63, 3.8) is 0 Å². The number of benzene rings is 2. The molecule has 5 rings (SSSR count). The molecule has 2 aromatic carbocycles. The van der Waals surface area contributed by atoms with Crippen LogP contribution in [-0.2, 0) is 6.54 Å². The number of piperidine rings is 1. The highest BCUT2D eigenvalue weighted by Gasteiger charge is 2.21. The molecule has 0 atom stereocenters. The summed E-state index contributed by atoms with van der Waals surface area (Å²) in [5, 5.41) is 4.69. The zero-order chi connectivity index (χ0) is 22.6. The molecule has 6 nitrogen and oxygen atoms in total. The van der Waals surface area contributed by atoms with Crippen LogP contribution < -0.4 is 10.1 Å². The second kappa shape index (κ2) is 9.50. The van der Waals surface area contributed by atoms with Gasteiger partial charge in [-0.05, 0) is 54.8 Å². The maximum Gasteiger partial charge on any atom is 0.165 e. The first-order valence-electron chi connectivity index (χ1n) is 11.2. The fourth-order valence-electron chi connectivity index (χ4n) is 4.31. The Bertz CT molecular complexity index is 1240. The molecular weight excluding hydrogens is 417 g/mol. The molecule has 1 fully saturated rings. The molecule has 1 aliphatic rings. The van der Waals surface area contributed by atoms with Gasteiger partial charge in [0.05, 0.1) is 12.6 Å². The number of halogens is 1. The van der Waals surface area contributed by atoms with E-state index in [-0.39, 0.29) is 11.6 Å². The number of nitrogens with zero attached hydrogens (tertiary/aromatic N) is 4. The summed E-state index contributed by atoms with van der Waals surface area (Å²) in [7, 11) is 1.48. The van der Waals surface area contributed by atoms with E-state index in [1.54, 1.807) is 24.5 Å². The minimum atomic E-state index is -0.313. The van der Waals surface area contributed by atoms with Crippen molar-refractivity contribution in [3.05, 3.63) is 78.4 Å². The number of pyridine rings is 1. The number of hydrogen-bond donors (Lipinski definition) is 1. The van der Waals surface area contributed by atoms with Crippen LogP contribution in [0.5, 0.6) is 5.75 Å². The van der Waals surface area contributed by atoms with Gasteiger partial charge in [0.1, 0.15) is 5.82 Å². The number of nitrogens with one attached hydrogen (secondary N) is 1. The van der Waals surface area contributed by atoms with Crippen molar-refractivity contribution in [1.29, 1.82) is 0 Å². The van der Waals surface area contributed by atoms with Gasteiger partial charge in [-0.25, -0.2) is 14.4 Å². The van der Waals surface area contributed by atoms with Crippen LogP contribution in [0.2, 0.25) is 0 Å². The predicted octanol–water partition coefficient (Wildman–Crippen LogP) is 4.92. The number of para-hydroxylation sites is 1. The summed E-state index contributed by atoms with van der Waals surface area (Å²) in [6, 6.07) is 17.4. The predicted molar refractivity (Wildman–Crippen MR) is 128 cm³/mol. The van der Waals surface area contributed by atoms with Gasteiger partial charge >= 0.3 is 0 Å². The number of hydrogen-bond acceptors (Lipinski definition) is 6. The number of likely N-dealkylation sites (tertiary alicyclic amines) is 1. The molecule has 0 aliphatic carbocycles. The minimum Gasteiger partial charge on any atom is -0.494 e. The molecule has 4 aromatic rings. The molecule has 0 bridgehead atoms. The lowest BCUT2D eigenvalue weighted by Gasteiger charge is -2.33. The van der Waals surface area contributed by atoms with E-state index in [1.807, 2.05) is 36.4 Å². The van der Waals surface area contributed by atoms with Crippen LogP contribution in [0.4, 0.5) is 10.2 Å². The quantitative estimate of drug-likeness (QED) is 0.457. The topological polar surface area (TPSA) is 63.2 Å². The summed E-state index contributed by atoms with van der Waals surface area (Å²) in [6.45, 7) is 2.60. The van der Waals surface area contributed by atoms with Gasteiger partial charge in [-0.3, -0.25) is 9.88 Å². The van der Waals surface area contributed by atoms with Crippen molar-refractivity contribution in [2.45, 2.75) is 25.4 Å². The Labute approximate surface area is 192 Å². The van der Waals surface area contributed by atoms with Crippen LogP contribution >= 0.6 is 0 Å². The summed E-state index contributed by atoms with van der Waals surface area (Å²) in [5.74, 6) is 1.53. The number of aromatic nitrogens is 3. The van der Waals surface area contributed by atoms with Gasteiger partial charge in [-0.2, -0.15) is 0 Å². The molecular formula is C26H26FN5O. The third-order valence-electron chi connectivity index (χ3n) is 6.09. The van der Waals surface area contributed by atoms with Crippen molar-refractivity contribution in [3.8, 4) is 17.1 Å². The maximum atomic E-state index is 14.0. The SMILES string of the molecule is COc1ccc(CN2CCC(Nc3nc(-c4ccncc4)nc4ccccc34)CC2)cc1F. The summed E-state index contributed by atoms with van der Waals surface area (Å²) in [6.07, 6.45) is 5.49. The first kappa shape index (κ1) is 21.3. The largest absolute Gasteiger partial charge is 0.494 e. The van der Waals surface area contributed by atoms with Crippen LogP contribution in [0.15, 0.2) is 67.0 Å². The van der Waals surface area contributed by atoms with Gasteiger partial charge in [0.2, 0.25) is 0 Å². The Balaban J connectivity index is 1.28. The normalized spacial score (nSPS) is 15.0. The molecule has 0 spiro atoms. The number of ether oxygens (including phenoxy) is 1. The smallest absolute Gasteiger partial charge is 0.165 e. The maximum absolute atomic E-state index is 14.0. The highest BCUT2D eigenvalue weighted by molar-refractivity contribution is 5.90. The summed E-state index contributed by atoms with van der Waals surface area (Å²) >= 11 is 0. The molecule has 0 radical (unpaired) electrons. The van der Waals surface area contributed by atoms with Crippen molar-refractivity contribution in [1.82, 2.24) is 19.9 Å². The number of rotatable bonds is 6.